The second-order valence-corrected chi connectivity index (χ2v) is 6.19. The molecule has 2 aromatic carbocycles. The van der Waals surface area contributed by atoms with Gasteiger partial charge in [-0.2, -0.15) is 0 Å². The first kappa shape index (κ1) is 18.4. The molecule has 3 aromatic rings. The molecule has 0 saturated carbocycles. The van der Waals surface area contributed by atoms with Gasteiger partial charge in [0.1, 0.15) is 5.82 Å². The predicted octanol–water partition coefficient (Wildman–Crippen LogP) is 3.71. The minimum absolute atomic E-state index is 0.0674. The molecule has 0 radical (unpaired) electrons. The Labute approximate surface area is 156 Å². The molecule has 5 nitrogen and oxygen atoms in total. The summed E-state index contributed by atoms with van der Waals surface area (Å²) >= 11 is 0. The van der Waals surface area contributed by atoms with Crippen molar-refractivity contribution < 1.29 is 14.0 Å². The van der Waals surface area contributed by atoms with Crippen molar-refractivity contribution in [3.05, 3.63) is 77.8 Å². The van der Waals surface area contributed by atoms with E-state index in [-0.39, 0.29) is 24.1 Å². The van der Waals surface area contributed by atoms with Gasteiger partial charge in [0.05, 0.1) is 17.7 Å². The number of para-hydroxylation sites is 1. The Hall–Kier alpha value is -3.41. The summed E-state index contributed by atoms with van der Waals surface area (Å²) in [5.41, 5.74) is 3.11. The van der Waals surface area contributed by atoms with Gasteiger partial charge >= 0.3 is 0 Å². The van der Waals surface area contributed by atoms with Crippen molar-refractivity contribution in [1.29, 1.82) is 0 Å². The van der Waals surface area contributed by atoms with Crippen molar-refractivity contribution in [2.24, 2.45) is 0 Å². The highest BCUT2D eigenvalue weighted by Gasteiger charge is 2.16. The summed E-state index contributed by atoms with van der Waals surface area (Å²) in [6.07, 6.45) is 1.65. The lowest BCUT2D eigenvalue weighted by Crippen LogP contribution is -2.25. The topological polar surface area (TPSA) is 74.0 Å². The molecule has 27 heavy (non-hydrogen) atoms. The highest BCUT2D eigenvalue weighted by molar-refractivity contribution is 6.04. The van der Waals surface area contributed by atoms with Crippen LogP contribution in [0.3, 0.4) is 0 Å². The van der Waals surface area contributed by atoms with E-state index in [4.69, 9.17) is 0 Å². The fourth-order valence-electron chi connectivity index (χ4n) is 2.99. The Morgan fingerprint density at radius 2 is 2.00 bits per heavy atom. The standard InChI is InChI=1S/C21H20FN3O2/c1-3-10-23-21(27)15-6-4-5-7-18(15)25-20(26)12-16-13(2)24-19-9-8-14(22)11-17(16)19/h3-9,11,24H,1,10,12H2,2H3,(H,23,27)(H,25,26). The largest absolute Gasteiger partial charge is 0.358 e. The summed E-state index contributed by atoms with van der Waals surface area (Å²) in [6, 6.07) is 11.2. The number of carbonyl (C=O) groups excluding carboxylic acids is 2. The van der Waals surface area contributed by atoms with E-state index in [1.54, 1.807) is 36.4 Å². The van der Waals surface area contributed by atoms with Crippen LogP contribution in [-0.2, 0) is 11.2 Å². The number of fused-ring (bicyclic) bond motifs is 1. The third-order valence-electron chi connectivity index (χ3n) is 4.27. The average molecular weight is 365 g/mol. The molecular weight excluding hydrogens is 345 g/mol. The van der Waals surface area contributed by atoms with E-state index >= 15 is 0 Å². The molecule has 0 aliphatic rings. The van der Waals surface area contributed by atoms with Crippen LogP contribution >= 0.6 is 0 Å². The normalized spacial score (nSPS) is 10.6. The van der Waals surface area contributed by atoms with E-state index in [1.807, 2.05) is 6.92 Å². The van der Waals surface area contributed by atoms with Crippen LogP contribution in [0.2, 0.25) is 0 Å². The minimum Gasteiger partial charge on any atom is -0.358 e. The maximum atomic E-state index is 13.6. The van der Waals surface area contributed by atoms with Crippen LogP contribution in [0.15, 0.2) is 55.1 Å². The molecule has 0 saturated heterocycles. The van der Waals surface area contributed by atoms with Gasteiger partial charge in [0.2, 0.25) is 5.91 Å². The van der Waals surface area contributed by atoms with Crippen molar-refractivity contribution in [1.82, 2.24) is 10.3 Å². The van der Waals surface area contributed by atoms with E-state index in [1.165, 1.54) is 12.1 Å². The van der Waals surface area contributed by atoms with E-state index < -0.39 is 0 Å². The fraction of sp³-hybridized carbons (Fsp3) is 0.143. The molecular formula is C21H20FN3O2. The Morgan fingerprint density at radius 1 is 1.22 bits per heavy atom. The summed E-state index contributed by atoms with van der Waals surface area (Å²) in [6.45, 7) is 5.74. The number of hydrogen-bond donors (Lipinski definition) is 3. The lowest BCUT2D eigenvalue weighted by atomic mass is 10.1. The number of nitrogens with one attached hydrogen (secondary N) is 3. The van der Waals surface area contributed by atoms with Crippen molar-refractivity contribution in [3.63, 3.8) is 0 Å². The number of rotatable bonds is 6. The minimum atomic E-state index is -0.354. The zero-order valence-electron chi connectivity index (χ0n) is 14.9. The van der Waals surface area contributed by atoms with Crippen LogP contribution in [0, 0.1) is 12.7 Å². The highest BCUT2D eigenvalue weighted by Crippen LogP contribution is 2.24. The Morgan fingerprint density at radius 3 is 2.78 bits per heavy atom. The number of amides is 2. The lowest BCUT2D eigenvalue weighted by molar-refractivity contribution is -0.115. The van der Waals surface area contributed by atoms with Gasteiger partial charge in [0, 0.05) is 23.1 Å². The van der Waals surface area contributed by atoms with Gasteiger partial charge in [-0.3, -0.25) is 9.59 Å². The molecule has 0 aliphatic carbocycles. The summed E-state index contributed by atoms with van der Waals surface area (Å²) in [4.78, 5) is 28.0. The van der Waals surface area contributed by atoms with E-state index in [9.17, 15) is 14.0 Å². The maximum Gasteiger partial charge on any atom is 0.253 e. The fourth-order valence-corrected chi connectivity index (χ4v) is 2.99. The molecule has 0 atom stereocenters. The molecule has 3 N–H and O–H groups in total. The molecule has 0 bridgehead atoms. The number of anilines is 1. The molecule has 2 amide bonds. The number of aromatic amines is 1. The van der Waals surface area contributed by atoms with Crippen LogP contribution in [0.5, 0.6) is 0 Å². The second kappa shape index (κ2) is 7.86. The van der Waals surface area contributed by atoms with Gasteiger partial charge < -0.3 is 15.6 Å². The zero-order valence-corrected chi connectivity index (χ0v) is 14.9. The van der Waals surface area contributed by atoms with Crippen molar-refractivity contribution in [2.75, 3.05) is 11.9 Å². The predicted molar refractivity (Wildman–Crippen MR) is 104 cm³/mol. The number of aromatic nitrogens is 1. The maximum absolute atomic E-state index is 13.6. The van der Waals surface area contributed by atoms with E-state index in [2.05, 4.69) is 22.2 Å². The first-order chi connectivity index (χ1) is 13.0. The van der Waals surface area contributed by atoms with Crippen LogP contribution in [0.25, 0.3) is 10.9 Å². The highest BCUT2D eigenvalue weighted by atomic mass is 19.1. The number of aryl methyl sites for hydroxylation is 1. The molecule has 3 rings (SSSR count). The third kappa shape index (κ3) is 4.06. The number of benzene rings is 2. The van der Waals surface area contributed by atoms with E-state index in [0.29, 0.717) is 23.2 Å². The van der Waals surface area contributed by atoms with E-state index in [0.717, 1.165) is 16.8 Å². The van der Waals surface area contributed by atoms with Crippen LogP contribution in [0.1, 0.15) is 21.6 Å². The van der Waals surface area contributed by atoms with Gasteiger partial charge in [-0.05, 0) is 42.8 Å². The molecule has 0 spiro atoms. The van der Waals surface area contributed by atoms with Gasteiger partial charge in [-0.1, -0.05) is 18.2 Å². The number of carbonyl (C=O) groups is 2. The molecule has 0 aliphatic heterocycles. The molecule has 1 aromatic heterocycles. The van der Waals surface area contributed by atoms with Gasteiger partial charge in [-0.25, -0.2) is 4.39 Å². The summed E-state index contributed by atoms with van der Waals surface area (Å²) in [5, 5.41) is 6.15. The quantitative estimate of drug-likeness (QED) is 0.583. The smallest absolute Gasteiger partial charge is 0.253 e. The lowest BCUT2D eigenvalue weighted by Gasteiger charge is -2.11. The van der Waals surface area contributed by atoms with Crippen molar-refractivity contribution in [2.45, 2.75) is 13.3 Å². The van der Waals surface area contributed by atoms with Crippen LogP contribution in [0.4, 0.5) is 10.1 Å². The summed E-state index contributed by atoms with van der Waals surface area (Å²) in [5.74, 6) is -0.934. The Kier molecular flexibility index (Phi) is 5.35. The first-order valence-corrected chi connectivity index (χ1v) is 8.54. The Bertz CT molecular complexity index is 1020. The monoisotopic (exact) mass is 365 g/mol. The first-order valence-electron chi connectivity index (χ1n) is 8.54. The SMILES string of the molecule is C=CCNC(=O)c1ccccc1NC(=O)Cc1c(C)[nH]c2ccc(F)cc12. The van der Waals surface area contributed by atoms with Crippen molar-refractivity contribution >= 4 is 28.4 Å². The molecule has 6 heteroatoms. The Balaban J connectivity index is 1.81. The van der Waals surface area contributed by atoms with Crippen LogP contribution < -0.4 is 10.6 Å². The van der Waals surface area contributed by atoms with Crippen LogP contribution in [-0.4, -0.2) is 23.3 Å². The zero-order chi connectivity index (χ0) is 19.4. The third-order valence-corrected chi connectivity index (χ3v) is 4.27. The number of hydrogen-bond acceptors (Lipinski definition) is 2. The van der Waals surface area contributed by atoms with Gasteiger partial charge in [0.15, 0.2) is 0 Å². The molecule has 0 unspecified atom stereocenters. The van der Waals surface area contributed by atoms with Crippen molar-refractivity contribution in [3.8, 4) is 0 Å². The summed E-state index contributed by atoms with van der Waals surface area (Å²) < 4.78 is 13.6. The van der Waals surface area contributed by atoms with Gasteiger partial charge in [-0.15, -0.1) is 6.58 Å². The molecule has 1 heterocycles. The summed E-state index contributed by atoms with van der Waals surface area (Å²) in [7, 11) is 0. The number of H-pyrrole nitrogens is 1. The average Bonchev–Trinajstić information content (AvgIpc) is 2.95. The molecule has 0 fully saturated rings. The van der Waals surface area contributed by atoms with Gasteiger partial charge in [0.25, 0.3) is 5.91 Å². The molecule has 138 valence electrons. The second-order valence-electron chi connectivity index (χ2n) is 6.19. The number of halogens is 1.